The molecule has 0 saturated heterocycles. The lowest BCUT2D eigenvalue weighted by Gasteiger charge is -1.89. The summed E-state index contributed by atoms with van der Waals surface area (Å²) in [6.45, 7) is 2.44. The van der Waals surface area contributed by atoms with Crippen LogP contribution in [-0.4, -0.2) is 15.2 Å². The van der Waals surface area contributed by atoms with Crippen LogP contribution in [-0.2, 0) is 6.54 Å². The minimum absolute atomic E-state index is 0.399. The predicted molar refractivity (Wildman–Crippen MR) is 52.3 cm³/mol. The highest BCUT2D eigenvalue weighted by Gasteiger charge is 2.07. The number of nitrogens with two attached hydrogens (primary N) is 1. The zero-order valence-electron chi connectivity index (χ0n) is 7.24. The van der Waals surface area contributed by atoms with E-state index < -0.39 is 0 Å². The predicted octanol–water partition coefficient (Wildman–Crippen LogP) is 1.30. The van der Waals surface area contributed by atoms with Crippen LogP contribution in [0.5, 0.6) is 0 Å². The van der Waals surface area contributed by atoms with Crippen molar-refractivity contribution in [3.8, 4) is 11.4 Å². The second-order valence-corrected chi connectivity index (χ2v) is 3.52. The van der Waals surface area contributed by atoms with Gasteiger partial charge in [-0.3, -0.25) is 5.10 Å². The Morgan fingerprint density at radius 1 is 1.54 bits per heavy atom. The van der Waals surface area contributed by atoms with E-state index in [1.54, 1.807) is 11.3 Å². The molecule has 3 N–H and O–H groups in total. The Labute approximate surface area is 79.8 Å². The Morgan fingerprint density at radius 2 is 2.38 bits per heavy atom. The van der Waals surface area contributed by atoms with Gasteiger partial charge >= 0.3 is 0 Å². The number of thiophene rings is 1. The van der Waals surface area contributed by atoms with Gasteiger partial charge in [-0.25, -0.2) is 4.98 Å². The van der Waals surface area contributed by atoms with E-state index in [1.165, 1.54) is 5.56 Å². The Kier molecular flexibility index (Phi) is 2.12. The van der Waals surface area contributed by atoms with Crippen LogP contribution in [0.4, 0.5) is 0 Å². The molecule has 0 aromatic carbocycles. The van der Waals surface area contributed by atoms with Gasteiger partial charge in [-0.1, -0.05) is 0 Å². The van der Waals surface area contributed by atoms with Crippen molar-refractivity contribution in [3.05, 3.63) is 22.1 Å². The lowest BCUT2D eigenvalue weighted by Crippen LogP contribution is -1.97. The summed E-state index contributed by atoms with van der Waals surface area (Å²) in [5.74, 6) is 1.46. The van der Waals surface area contributed by atoms with Crippen LogP contribution in [0.3, 0.4) is 0 Å². The zero-order valence-corrected chi connectivity index (χ0v) is 8.06. The summed E-state index contributed by atoms with van der Waals surface area (Å²) in [5, 5.41) is 11.0. The molecular weight excluding hydrogens is 184 g/mol. The highest BCUT2D eigenvalue weighted by molar-refractivity contribution is 7.08. The molecular formula is C8H10N4S. The average Bonchev–Trinajstić information content (AvgIpc) is 2.71. The minimum atomic E-state index is 0.399. The van der Waals surface area contributed by atoms with E-state index in [-0.39, 0.29) is 0 Å². The van der Waals surface area contributed by atoms with E-state index in [2.05, 4.69) is 20.6 Å². The second kappa shape index (κ2) is 3.27. The average molecular weight is 194 g/mol. The van der Waals surface area contributed by atoms with Crippen molar-refractivity contribution in [2.75, 3.05) is 0 Å². The van der Waals surface area contributed by atoms with Gasteiger partial charge in [0.15, 0.2) is 5.82 Å². The smallest absolute Gasteiger partial charge is 0.182 e. The van der Waals surface area contributed by atoms with E-state index in [9.17, 15) is 0 Å². The number of rotatable bonds is 2. The molecule has 0 fully saturated rings. The van der Waals surface area contributed by atoms with Crippen molar-refractivity contribution in [2.24, 2.45) is 5.73 Å². The molecule has 2 rings (SSSR count). The van der Waals surface area contributed by atoms with Crippen molar-refractivity contribution in [1.82, 2.24) is 15.2 Å². The summed E-state index contributed by atoms with van der Waals surface area (Å²) in [7, 11) is 0. The Balaban J connectivity index is 2.41. The van der Waals surface area contributed by atoms with Crippen molar-refractivity contribution in [3.63, 3.8) is 0 Å². The van der Waals surface area contributed by atoms with Gasteiger partial charge in [0.05, 0.1) is 6.54 Å². The quantitative estimate of drug-likeness (QED) is 0.757. The molecule has 0 aliphatic carbocycles. The maximum atomic E-state index is 5.42. The first kappa shape index (κ1) is 8.40. The molecule has 68 valence electrons. The van der Waals surface area contributed by atoms with Crippen molar-refractivity contribution in [2.45, 2.75) is 13.5 Å². The molecule has 0 bridgehead atoms. The summed E-state index contributed by atoms with van der Waals surface area (Å²) in [4.78, 5) is 4.25. The van der Waals surface area contributed by atoms with Crippen LogP contribution >= 0.6 is 11.3 Å². The van der Waals surface area contributed by atoms with Gasteiger partial charge < -0.3 is 5.73 Å². The Morgan fingerprint density at radius 3 is 2.92 bits per heavy atom. The normalized spacial score (nSPS) is 10.6. The number of hydrogen-bond acceptors (Lipinski definition) is 4. The molecule has 0 spiro atoms. The fraction of sp³-hybridized carbons (Fsp3) is 0.250. The van der Waals surface area contributed by atoms with Gasteiger partial charge in [0.25, 0.3) is 0 Å². The molecule has 0 aliphatic heterocycles. The number of aromatic nitrogens is 3. The number of H-pyrrole nitrogens is 1. The molecule has 2 aromatic heterocycles. The fourth-order valence-corrected chi connectivity index (χ4v) is 1.92. The first-order valence-electron chi connectivity index (χ1n) is 3.95. The number of nitrogens with one attached hydrogen (secondary N) is 1. The van der Waals surface area contributed by atoms with Crippen LogP contribution in [0.2, 0.25) is 0 Å². The third-order valence-corrected chi connectivity index (χ3v) is 2.68. The highest BCUT2D eigenvalue weighted by Crippen LogP contribution is 2.23. The Bertz CT molecular complexity index is 404. The van der Waals surface area contributed by atoms with Crippen LogP contribution in [0, 0.1) is 6.92 Å². The van der Waals surface area contributed by atoms with E-state index in [0.29, 0.717) is 6.54 Å². The van der Waals surface area contributed by atoms with Gasteiger partial charge in [-0.2, -0.15) is 16.4 Å². The van der Waals surface area contributed by atoms with E-state index in [0.717, 1.165) is 17.2 Å². The van der Waals surface area contributed by atoms with E-state index >= 15 is 0 Å². The summed E-state index contributed by atoms with van der Waals surface area (Å²) >= 11 is 1.65. The monoisotopic (exact) mass is 194 g/mol. The summed E-state index contributed by atoms with van der Waals surface area (Å²) in [6, 6.07) is 0. The number of aryl methyl sites for hydroxylation is 1. The third-order valence-electron chi connectivity index (χ3n) is 1.82. The lowest BCUT2D eigenvalue weighted by atomic mass is 10.2. The van der Waals surface area contributed by atoms with Crippen molar-refractivity contribution >= 4 is 11.3 Å². The number of nitrogens with zero attached hydrogens (tertiary/aromatic N) is 2. The molecule has 5 heteroatoms. The minimum Gasteiger partial charge on any atom is -0.324 e. The topological polar surface area (TPSA) is 67.6 Å². The third kappa shape index (κ3) is 1.48. The molecule has 0 amide bonds. The van der Waals surface area contributed by atoms with Gasteiger partial charge in [0, 0.05) is 10.9 Å². The van der Waals surface area contributed by atoms with Crippen LogP contribution in [0.1, 0.15) is 11.4 Å². The number of aromatic amines is 1. The van der Waals surface area contributed by atoms with Gasteiger partial charge in [0.2, 0.25) is 0 Å². The molecule has 2 aromatic rings. The van der Waals surface area contributed by atoms with Gasteiger partial charge in [0.1, 0.15) is 5.82 Å². The molecule has 0 saturated carbocycles. The molecule has 2 heterocycles. The summed E-state index contributed by atoms with van der Waals surface area (Å²) in [6.07, 6.45) is 0. The molecule has 13 heavy (non-hydrogen) atoms. The molecule has 4 nitrogen and oxygen atoms in total. The second-order valence-electron chi connectivity index (χ2n) is 2.78. The van der Waals surface area contributed by atoms with Crippen molar-refractivity contribution in [1.29, 1.82) is 0 Å². The maximum Gasteiger partial charge on any atom is 0.182 e. The highest BCUT2D eigenvalue weighted by atomic mass is 32.1. The van der Waals surface area contributed by atoms with E-state index in [4.69, 9.17) is 5.73 Å². The first-order chi connectivity index (χ1) is 6.31. The molecule has 0 unspecified atom stereocenters. The van der Waals surface area contributed by atoms with Crippen LogP contribution < -0.4 is 5.73 Å². The summed E-state index contributed by atoms with van der Waals surface area (Å²) in [5.41, 5.74) is 7.71. The van der Waals surface area contributed by atoms with Crippen LogP contribution in [0.15, 0.2) is 10.8 Å². The fourth-order valence-electron chi connectivity index (χ4n) is 1.10. The molecule has 0 atom stereocenters. The molecule has 0 radical (unpaired) electrons. The maximum absolute atomic E-state index is 5.42. The zero-order chi connectivity index (χ0) is 9.26. The van der Waals surface area contributed by atoms with E-state index in [1.807, 2.05) is 12.3 Å². The lowest BCUT2D eigenvalue weighted by molar-refractivity contribution is 0.917. The largest absolute Gasteiger partial charge is 0.324 e. The van der Waals surface area contributed by atoms with Crippen molar-refractivity contribution < 1.29 is 0 Å². The summed E-state index contributed by atoms with van der Waals surface area (Å²) < 4.78 is 0. The number of hydrogen-bond donors (Lipinski definition) is 2. The van der Waals surface area contributed by atoms with Crippen LogP contribution in [0.25, 0.3) is 11.4 Å². The standard InChI is InChI=1S/C8H10N4S/c1-5-3-13-4-6(5)8-10-7(2-9)11-12-8/h3-4H,2,9H2,1H3,(H,10,11,12). The van der Waals surface area contributed by atoms with Gasteiger partial charge in [-0.15, -0.1) is 0 Å². The van der Waals surface area contributed by atoms with Gasteiger partial charge in [-0.05, 0) is 17.9 Å². The first-order valence-corrected chi connectivity index (χ1v) is 4.90. The molecule has 0 aliphatic rings. The SMILES string of the molecule is Cc1cscc1-c1n[nH]c(CN)n1. The Hall–Kier alpha value is -1.20.